The Balaban J connectivity index is 1.83. The molecule has 1 aromatic heterocycles. The van der Waals surface area contributed by atoms with Gasteiger partial charge in [0.1, 0.15) is 5.69 Å². The van der Waals surface area contributed by atoms with Crippen molar-refractivity contribution in [3.63, 3.8) is 0 Å². The average Bonchev–Trinajstić information content (AvgIpc) is 2.83. The highest BCUT2D eigenvalue weighted by atomic mass is 16.4. The van der Waals surface area contributed by atoms with Gasteiger partial charge in [0.25, 0.3) is 5.91 Å². The number of hydrogen-bond donors (Lipinski definition) is 2. The molecule has 0 spiro atoms. The molecule has 19 heavy (non-hydrogen) atoms. The van der Waals surface area contributed by atoms with Crippen molar-refractivity contribution in [1.82, 2.24) is 20.0 Å². The van der Waals surface area contributed by atoms with E-state index in [0.29, 0.717) is 38.4 Å². The van der Waals surface area contributed by atoms with Gasteiger partial charge in [-0.1, -0.05) is 0 Å². The van der Waals surface area contributed by atoms with Crippen molar-refractivity contribution in [3.05, 3.63) is 17.5 Å². The molecule has 1 amide bonds. The molecule has 0 aliphatic carbocycles. The molecule has 0 aromatic carbocycles. The molecule has 2 heterocycles. The predicted octanol–water partition coefficient (Wildman–Crippen LogP) is -0.0494. The summed E-state index contributed by atoms with van der Waals surface area (Å²) in [6.07, 6.45) is 0.145. The average molecular weight is 266 g/mol. The van der Waals surface area contributed by atoms with Gasteiger partial charge in [0, 0.05) is 38.4 Å². The number of H-pyrrole nitrogens is 1. The second-order valence-corrected chi connectivity index (χ2v) is 4.71. The number of carbonyl (C=O) groups is 2. The molecule has 0 saturated carbocycles. The fourth-order valence-corrected chi connectivity index (χ4v) is 2.12. The number of aromatic nitrogens is 2. The highest BCUT2D eigenvalue weighted by Gasteiger charge is 2.23. The molecule has 0 radical (unpaired) electrons. The van der Waals surface area contributed by atoms with E-state index < -0.39 is 5.97 Å². The van der Waals surface area contributed by atoms with Gasteiger partial charge in [-0.15, -0.1) is 0 Å². The van der Waals surface area contributed by atoms with Crippen molar-refractivity contribution in [2.75, 3.05) is 32.7 Å². The first-order chi connectivity index (χ1) is 9.06. The molecule has 2 rings (SSSR count). The van der Waals surface area contributed by atoms with E-state index in [4.69, 9.17) is 5.11 Å². The lowest BCUT2D eigenvalue weighted by atomic mass is 10.2. The normalized spacial score (nSPS) is 16.6. The number of aryl methyl sites for hydroxylation is 1. The standard InChI is InChI=1S/C12H18N4O3/c1-9-8-10(14-13-9)12(19)16-6-4-15(5-7-16)3-2-11(17)18/h8H,2-7H2,1H3,(H,13,14)(H,17,18). The minimum atomic E-state index is -0.787. The first-order valence-corrected chi connectivity index (χ1v) is 6.31. The molecule has 0 bridgehead atoms. The smallest absolute Gasteiger partial charge is 0.304 e. The fraction of sp³-hybridized carbons (Fsp3) is 0.583. The van der Waals surface area contributed by atoms with Gasteiger partial charge in [-0.2, -0.15) is 5.10 Å². The second kappa shape index (κ2) is 5.83. The molecule has 7 nitrogen and oxygen atoms in total. The van der Waals surface area contributed by atoms with E-state index in [0.717, 1.165) is 5.69 Å². The maximum atomic E-state index is 12.1. The third-order valence-corrected chi connectivity index (χ3v) is 3.23. The van der Waals surface area contributed by atoms with E-state index in [1.165, 1.54) is 0 Å². The molecule has 0 unspecified atom stereocenters. The van der Waals surface area contributed by atoms with Gasteiger partial charge in [0.2, 0.25) is 0 Å². The van der Waals surface area contributed by atoms with Gasteiger partial charge in [0.15, 0.2) is 0 Å². The quantitative estimate of drug-likeness (QED) is 0.797. The molecule has 1 aliphatic heterocycles. The number of rotatable bonds is 4. The number of hydrogen-bond acceptors (Lipinski definition) is 4. The van der Waals surface area contributed by atoms with E-state index >= 15 is 0 Å². The van der Waals surface area contributed by atoms with Gasteiger partial charge >= 0.3 is 5.97 Å². The topological polar surface area (TPSA) is 89.5 Å². The summed E-state index contributed by atoms with van der Waals surface area (Å²) in [6, 6.07) is 1.74. The number of aromatic amines is 1. The van der Waals surface area contributed by atoms with Crippen LogP contribution in [0.1, 0.15) is 22.6 Å². The third-order valence-electron chi connectivity index (χ3n) is 3.23. The molecule has 1 fully saturated rings. The van der Waals surface area contributed by atoms with Crippen molar-refractivity contribution >= 4 is 11.9 Å². The molecular formula is C12H18N4O3. The van der Waals surface area contributed by atoms with Crippen LogP contribution in [0.5, 0.6) is 0 Å². The molecule has 1 aromatic rings. The minimum absolute atomic E-state index is 0.0674. The molecule has 7 heteroatoms. The van der Waals surface area contributed by atoms with Crippen LogP contribution in [0.4, 0.5) is 0 Å². The first kappa shape index (κ1) is 13.5. The Kier molecular flexibility index (Phi) is 4.16. The summed E-state index contributed by atoms with van der Waals surface area (Å²) in [5, 5.41) is 15.4. The number of amides is 1. The van der Waals surface area contributed by atoms with Crippen LogP contribution in [0.2, 0.25) is 0 Å². The van der Waals surface area contributed by atoms with Gasteiger partial charge in [-0.05, 0) is 13.0 Å². The zero-order chi connectivity index (χ0) is 13.8. The molecule has 1 aliphatic rings. The number of nitrogens with zero attached hydrogens (tertiary/aromatic N) is 3. The molecule has 2 N–H and O–H groups in total. The Bertz CT molecular complexity index is 463. The summed E-state index contributed by atoms with van der Waals surface area (Å²) in [5.41, 5.74) is 1.31. The van der Waals surface area contributed by atoms with Gasteiger partial charge in [-0.3, -0.25) is 19.6 Å². The van der Waals surface area contributed by atoms with Gasteiger partial charge in [0.05, 0.1) is 6.42 Å². The van der Waals surface area contributed by atoms with E-state index in [-0.39, 0.29) is 12.3 Å². The highest BCUT2D eigenvalue weighted by molar-refractivity contribution is 5.92. The lowest BCUT2D eigenvalue weighted by Crippen LogP contribution is -2.49. The fourth-order valence-electron chi connectivity index (χ4n) is 2.12. The summed E-state index contributed by atoms with van der Waals surface area (Å²) in [7, 11) is 0. The van der Waals surface area contributed by atoms with Gasteiger partial charge < -0.3 is 10.0 Å². The van der Waals surface area contributed by atoms with Crippen LogP contribution in [-0.4, -0.2) is 69.7 Å². The molecule has 0 atom stereocenters. The lowest BCUT2D eigenvalue weighted by Gasteiger charge is -2.34. The van der Waals surface area contributed by atoms with Gasteiger partial charge in [-0.25, -0.2) is 0 Å². The Hall–Kier alpha value is -1.89. The Labute approximate surface area is 111 Å². The number of aliphatic carboxylic acids is 1. The summed E-state index contributed by atoms with van der Waals surface area (Å²) >= 11 is 0. The predicted molar refractivity (Wildman–Crippen MR) is 67.9 cm³/mol. The lowest BCUT2D eigenvalue weighted by molar-refractivity contribution is -0.137. The third kappa shape index (κ3) is 3.54. The van der Waals surface area contributed by atoms with E-state index in [2.05, 4.69) is 15.1 Å². The zero-order valence-corrected chi connectivity index (χ0v) is 10.9. The summed E-state index contributed by atoms with van der Waals surface area (Å²) in [4.78, 5) is 26.4. The highest BCUT2D eigenvalue weighted by Crippen LogP contribution is 2.08. The largest absolute Gasteiger partial charge is 0.481 e. The summed E-state index contributed by atoms with van der Waals surface area (Å²) in [6.45, 7) is 5.05. The van der Waals surface area contributed by atoms with Crippen LogP contribution in [0.25, 0.3) is 0 Å². The number of nitrogens with one attached hydrogen (secondary N) is 1. The first-order valence-electron chi connectivity index (χ1n) is 6.31. The van der Waals surface area contributed by atoms with Crippen molar-refractivity contribution in [3.8, 4) is 0 Å². The van der Waals surface area contributed by atoms with Crippen LogP contribution in [0, 0.1) is 6.92 Å². The number of carboxylic acids is 1. The summed E-state index contributed by atoms with van der Waals surface area (Å²) < 4.78 is 0. The zero-order valence-electron chi connectivity index (χ0n) is 10.9. The number of piperazine rings is 1. The van der Waals surface area contributed by atoms with E-state index in [1.54, 1.807) is 11.0 Å². The van der Waals surface area contributed by atoms with Crippen molar-refractivity contribution in [2.24, 2.45) is 0 Å². The van der Waals surface area contributed by atoms with Crippen LogP contribution >= 0.6 is 0 Å². The van der Waals surface area contributed by atoms with E-state index in [1.807, 2.05) is 6.92 Å². The molecule has 1 saturated heterocycles. The maximum Gasteiger partial charge on any atom is 0.304 e. The SMILES string of the molecule is Cc1cc(C(=O)N2CCN(CCC(=O)O)CC2)n[nH]1. The maximum absolute atomic E-state index is 12.1. The molecular weight excluding hydrogens is 248 g/mol. The Morgan fingerprint density at radius 1 is 1.37 bits per heavy atom. The Morgan fingerprint density at radius 2 is 2.05 bits per heavy atom. The van der Waals surface area contributed by atoms with Crippen LogP contribution < -0.4 is 0 Å². The van der Waals surface area contributed by atoms with Crippen LogP contribution in [0.3, 0.4) is 0 Å². The van der Waals surface area contributed by atoms with Crippen LogP contribution in [0.15, 0.2) is 6.07 Å². The number of carboxylic acid groups (broad SMARTS) is 1. The molecule has 104 valence electrons. The minimum Gasteiger partial charge on any atom is -0.481 e. The van der Waals surface area contributed by atoms with Crippen molar-refractivity contribution in [2.45, 2.75) is 13.3 Å². The van der Waals surface area contributed by atoms with E-state index in [9.17, 15) is 9.59 Å². The monoisotopic (exact) mass is 266 g/mol. The summed E-state index contributed by atoms with van der Waals surface area (Å²) in [5.74, 6) is -0.854. The van der Waals surface area contributed by atoms with Crippen molar-refractivity contribution in [1.29, 1.82) is 0 Å². The second-order valence-electron chi connectivity index (χ2n) is 4.71. The van der Waals surface area contributed by atoms with Crippen molar-refractivity contribution < 1.29 is 14.7 Å². The number of carbonyl (C=O) groups excluding carboxylic acids is 1. The Morgan fingerprint density at radius 3 is 2.58 bits per heavy atom. The van der Waals surface area contributed by atoms with Crippen LogP contribution in [-0.2, 0) is 4.79 Å².